The Balaban J connectivity index is 1.30. The molecule has 0 saturated carbocycles. The first-order chi connectivity index (χ1) is 20.4. The summed E-state index contributed by atoms with van der Waals surface area (Å²) < 4.78 is 26.7. The van der Waals surface area contributed by atoms with E-state index in [0.29, 0.717) is 26.4 Å². The number of carbonyl (C=O) groups excluding carboxylic acids is 6. The molecule has 236 valence electrons. The molecule has 6 amide bonds. The smallest absolute Gasteiger partial charge is 0.404 e. The van der Waals surface area contributed by atoms with Crippen LogP contribution in [-0.4, -0.2) is 106 Å². The largest absolute Gasteiger partial charge is 0.443 e. The van der Waals surface area contributed by atoms with Crippen molar-refractivity contribution in [3.63, 3.8) is 0 Å². The van der Waals surface area contributed by atoms with Gasteiger partial charge in [0, 0.05) is 11.8 Å². The van der Waals surface area contributed by atoms with Gasteiger partial charge in [0.15, 0.2) is 0 Å². The standard InChI is InChI=1S/C28H38N4O11/c1-28(2,3)20(43-27(29)38)15-41-13-11-39-9-10-40-12-14-42-16-22(34)30-18-6-4-5-17-23(18)26(37)32(25(17)36)19-7-8-21(33)31-24(19)35/h4-6,19-20H,7-16H2,1-3H3,(H2,29,38)(H,30,34)(H,31,33,35). The fourth-order valence-corrected chi connectivity index (χ4v) is 4.32. The number of nitrogens with zero attached hydrogens (tertiary/aromatic N) is 1. The molecule has 2 aliphatic heterocycles. The van der Waals surface area contributed by atoms with Crippen molar-refractivity contribution >= 4 is 41.3 Å². The van der Waals surface area contributed by atoms with Crippen LogP contribution in [0.4, 0.5) is 10.5 Å². The van der Waals surface area contributed by atoms with E-state index >= 15 is 0 Å². The topological polar surface area (TPSA) is 202 Å². The van der Waals surface area contributed by atoms with Crippen molar-refractivity contribution in [2.24, 2.45) is 11.1 Å². The Hall–Kier alpha value is -3.92. The van der Waals surface area contributed by atoms with Crippen LogP contribution in [-0.2, 0) is 38.1 Å². The van der Waals surface area contributed by atoms with Gasteiger partial charge in [-0.3, -0.25) is 34.2 Å². The fourth-order valence-electron chi connectivity index (χ4n) is 4.32. The highest BCUT2D eigenvalue weighted by molar-refractivity contribution is 6.26. The van der Waals surface area contributed by atoms with Gasteiger partial charge in [0.1, 0.15) is 18.8 Å². The zero-order chi connectivity index (χ0) is 31.6. The van der Waals surface area contributed by atoms with Crippen molar-refractivity contribution in [3.05, 3.63) is 29.3 Å². The van der Waals surface area contributed by atoms with E-state index in [9.17, 15) is 28.8 Å². The summed E-state index contributed by atoms with van der Waals surface area (Å²) in [6, 6.07) is 3.32. The highest BCUT2D eigenvalue weighted by Crippen LogP contribution is 2.32. The number of hydrogen-bond donors (Lipinski definition) is 3. The summed E-state index contributed by atoms with van der Waals surface area (Å²) in [7, 11) is 0. The molecule has 0 bridgehead atoms. The maximum Gasteiger partial charge on any atom is 0.404 e. The van der Waals surface area contributed by atoms with E-state index in [-0.39, 0.29) is 61.5 Å². The lowest BCUT2D eigenvalue weighted by molar-refractivity contribution is -0.136. The van der Waals surface area contributed by atoms with Crippen molar-refractivity contribution < 1.29 is 52.5 Å². The Bertz CT molecular complexity index is 1210. The summed E-state index contributed by atoms with van der Waals surface area (Å²) in [5.41, 5.74) is 4.93. The summed E-state index contributed by atoms with van der Waals surface area (Å²) in [5.74, 6) is -3.12. The number of imide groups is 2. The number of fused-ring (bicyclic) bond motifs is 1. The fraction of sp³-hybridized carbons (Fsp3) is 0.571. The molecule has 2 heterocycles. The van der Waals surface area contributed by atoms with Crippen LogP contribution in [0.1, 0.15) is 54.3 Å². The molecule has 15 nitrogen and oxygen atoms in total. The molecule has 1 aromatic carbocycles. The van der Waals surface area contributed by atoms with Crippen LogP contribution in [0.5, 0.6) is 0 Å². The number of carbonyl (C=O) groups is 6. The van der Waals surface area contributed by atoms with Gasteiger partial charge in [0.25, 0.3) is 11.8 Å². The van der Waals surface area contributed by atoms with Gasteiger partial charge in [0.2, 0.25) is 17.7 Å². The average molecular weight is 607 g/mol. The van der Waals surface area contributed by atoms with Crippen molar-refractivity contribution in [3.8, 4) is 0 Å². The molecule has 43 heavy (non-hydrogen) atoms. The van der Waals surface area contributed by atoms with Crippen LogP contribution in [0.2, 0.25) is 0 Å². The Morgan fingerprint density at radius 1 is 0.977 bits per heavy atom. The van der Waals surface area contributed by atoms with Crippen LogP contribution in [0, 0.1) is 5.41 Å². The SMILES string of the molecule is CC(C)(C)C(COCCOCCOCCOCC(=O)Nc1cccc2c1C(=O)N(C1CCC(=O)NC1=O)C2=O)OC(N)=O. The normalized spacial score (nSPS) is 17.5. The Morgan fingerprint density at radius 3 is 2.21 bits per heavy atom. The average Bonchev–Trinajstić information content (AvgIpc) is 3.18. The van der Waals surface area contributed by atoms with E-state index in [0.717, 1.165) is 4.90 Å². The summed E-state index contributed by atoms with van der Waals surface area (Å²) in [6.07, 6.45) is -1.30. The Labute approximate surface area is 248 Å². The van der Waals surface area contributed by atoms with Gasteiger partial charge in [-0.1, -0.05) is 26.8 Å². The molecule has 15 heteroatoms. The number of nitrogens with one attached hydrogen (secondary N) is 2. The number of rotatable bonds is 16. The number of hydrogen-bond acceptors (Lipinski definition) is 11. The number of nitrogens with two attached hydrogens (primary N) is 1. The van der Waals surface area contributed by atoms with E-state index in [1.807, 2.05) is 20.8 Å². The van der Waals surface area contributed by atoms with E-state index < -0.39 is 47.8 Å². The Kier molecular flexibility index (Phi) is 12.1. The third-order valence-corrected chi connectivity index (χ3v) is 6.58. The number of benzene rings is 1. The molecular weight excluding hydrogens is 568 g/mol. The molecule has 2 atom stereocenters. The monoisotopic (exact) mass is 606 g/mol. The second-order valence-corrected chi connectivity index (χ2v) is 10.9. The second-order valence-electron chi connectivity index (χ2n) is 10.9. The van der Waals surface area contributed by atoms with Gasteiger partial charge in [-0.2, -0.15) is 0 Å². The van der Waals surface area contributed by atoms with Crippen LogP contribution < -0.4 is 16.4 Å². The maximum absolute atomic E-state index is 13.1. The lowest BCUT2D eigenvalue weighted by atomic mass is 9.89. The predicted molar refractivity (Wildman–Crippen MR) is 149 cm³/mol. The van der Waals surface area contributed by atoms with Gasteiger partial charge in [-0.25, -0.2) is 4.79 Å². The van der Waals surface area contributed by atoms with Crippen LogP contribution in [0.15, 0.2) is 18.2 Å². The highest BCUT2D eigenvalue weighted by atomic mass is 16.6. The van der Waals surface area contributed by atoms with Crippen LogP contribution in [0.3, 0.4) is 0 Å². The molecule has 4 N–H and O–H groups in total. The lowest BCUT2D eigenvalue weighted by Crippen LogP contribution is -2.54. The zero-order valence-electron chi connectivity index (χ0n) is 24.5. The third kappa shape index (κ3) is 9.54. The minimum Gasteiger partial charge on any atom is -0.443 e. The number of amides is 6. The highest BCUT2D eigenvalue weighted by Gasteiger charge is 2.45. The molecular formula is C28H38N4O11. The van der Waals surface area contributed by atoms with E-state index in [2.05, 4.69) is 10.6 Å². The van der Waals surface area contributed by atoms with E-state index in [4.69, 9.17) is 29.4 Å². The minimum atomic E-state index is -1.11. The molecule has 3 rings (SSSR count). The van der Waals surface area contributed by atoms with E-state index in [1.54, 1.807) is 0 Å². The zero-order valence-corrected chi connectivity index (χ0v) is 24.5. The molecule has 1 fully saturated rings. The molecule has 2 aliphatic rings. The van der Waals surface area contributed by atoms with Crippen molar-refractivity contribution in [2.45, 2.75) is 45.8 Å². The molecule has 1 aromatic rings. The lowest BCUT2D eigenvalue weighted by Gasteiger charge is -2.29. The first kappa shape index (κ1) is 33.6. The molecule has 0 radical (unpaired) electrons. The first-order valence-electron chi connectivity index (χ1n) is 13.8. The molecule has 1 saturated heterocycles. The summed E-state index contributed by atoms with van der Waals surface area (Å²) in [6.45, 7) is 7.15. The Morgan fingerprint density at radius 2 is 1.60 bits per heavy atom. The molecule has 0 spiro atoms. The summed E-state index contributed by atoms with van der Waals surface area (Å²) in [4.78, 5) is 74.0. The van der Waals surface area contributed by atoms with Gasteiger partial charge in [-0.15, -0.1) is 0 Å². The van der Waals surface area contributed by atoms with Crippen molar-refractivity contribution in [1.82, 2.24) is 10.2 Å². The number of ether oxygens (including phenoxy) is 5. The number of primary amides is 1. The van der Waals surface area contributed by atoms with Gasteiger partial charge in [0.05, 0.1) is 63.1 Å². The van der Waals surface area contributed by atoms with E-state index in [1.165, 1.54) is 18.2 Å². The maximum atomic E-state index is 13.1. The molecule has 0 aliphatic carbocycles. The van der Waals surface area contributed by atoms with Crippen LogP contribution in [0.25, 0.3) is 0 Å². The quantitative estimate of drug-likeness (QED) is 0.176. The van der Waals surface area contributed by atoms with Crippen molar-refractivity contribution in [2.75, 3.05) is 58.2 Å². The number of piperidine rings is 1. The molecule has 2 unspecified atom stereocenters. The molecule has 0 aromatic heterocycles. The van der Waals surface area contributed by atoms with Gasteiger partial charge >= 0.3 is 6.09 Å². The third-order valence-electron chi connectivity index (χ3n) is 6.58. The summed E-state index contributed by atoms with van der Waals surface area (Å²) in [5, 5.41) is 4.71. The minimum absolute atomic E-state index is 0.00559. The van der Waals surface area contributed by atoms with Crippen LogP contribution >= 0.6 is 0 Å². The van der Waals surface area contributed by atoms with Crippen molar-refractivity contribution in [1.29, 1.82) is 0 Å². The summed E-state index contributed by atoms with van der Waals surface area (Å²) >= 11 is 0. The second kappa shape index (κ2) is 15.5. The van der Waals surface area contributed by atoms with Gasteiger partial charge in [-0.05, 0) is 18.6 Å². The van der Waals surface area contributed by atoms with Gasteiger partial charge < -0.3 is 34.7 Å². The number of anilines is 1. The first-order valence-corrected chi connectivity index (χ1v) is 13.8. The predicted octanol–water partition coefficient (Wildman–Crippen LogP) is 0.603.